The largest absolute Gasteiger partial charge is 0.330 e. The molecule has 0 spiro atoms. The highest BCUT2D eigenvalue weighted by Crippen LogP contribution is 2.59. The van der Waals surface area contributed by atoms with Gasteiger partial charge in [0.25, 0.3) is 0 Å². The second-order valence-electron chi connectivity index (χ2n) is 7.54. The minimum Gasteiger partial charge on any atom is -0.330 e. The smallest absolute Gasteiger partial charge is 0.109 e. The summed E-state index contributed by atoms with van der Waals surface area (Å²) in [7, 11) is 0. The molecule has 0 atom stereocenters. The molecule has 0 amide bonds. The molecule has 4 fully saturated rings. The first kappa shape index (κ1) is 12.9. The molecule has 4 saturated carbocycles. The highest BCUT2D eigenvalue weighted by molar-refractivity contribution is 5.16. The van der Waals surface area contributed by atoms with Crippen LogP contribution in [0.25, 0.3) is 0 Å². The van der Waals surface area contributed by atoms with Crippen LogP contribution in [0.2, 0.25) is 0 Å². The average molecular weight is 273 g/mol. The standard InChI is InChI=1S/C17H27N3/c1-2-16-19-11-15(3-4-18)20(16)17-8-12-5-13(9-17)7-14(6-12)10-17/h11-14H,2-10,18H2,1H3. The maximum atomic E-state index is 5.83. The van der Waals surface area contributed by atoms with Crippen molar-refractivity contribution in [3.8, 4) is 0 Å². The first-order valence-corrected chi connectivity index (χ1v) is 8.50. The molecule has 4 aliphatic carbocycles. The molecule has 4 bridgehead atoms. The van der Waals surface area contributed by atoms with Gasteiger partial charge in [-0.05, 0) is 62.8 Å². The minimum absolute atomic E-state index is 0.404. The number of aromatic nitrogens is 2. The van der Waals surface area contributed by atoms with E-state index in [2.05, 4.69) is 17.7 Å². The number of hydrogen-bond donors (Lipinski definition) is 1. The fourth-order valence-electron chi connectivity index (χ4n) is 5.92. The van der Waals surface area contributed by atoms with Gasteiger partial charge in [0.1, 0.15) is 5.82 Å². The lowest BCUT2D eigenvalue weighted by atomic mass is 9.53. The van der Waals surface area contributed by atoms with Crippen LogP contribution in [0.1, 0.15) is 57.0 Å². The lowest BCUT2D eigenvalue weighted by Gasteiger charge is -2.58. The van der Waals surface area contributed by atoms with E-state index < -0.39 is 0 Å². The summed E-state index contributed by atoms with van der Waals surface area (Å²) >= 11 is 0. The summed E-state index contributed by atoms with van der Waals surface area (Å²) in [5.41, 5.74) is 7.63. The lowest BCUT2D eigenvalue weighted by Crippen LogP contribution is -2.52. The van der Waals surface area contributed by atoms with Gasteiger partial charge in [0.2, 0.25) is 0 Å². The Bertz CT molecular complexity index is 467. The molecule has 110 valence electrons. The predicted molar refractivity (Wildman–Crippen MR) is 80.5 cm³/mol. The molecule has 1 aromatic rings. The monoisotopic (exact) mass is 273 g/mol. The zero-order chi connectivity index (χ0) is 13.7. The molecule has 3 nitrogen and oxygen atoms in total. The van der Waals surface area contributed by atoms with Crippen molar-refractivity contribution in [2.75, 3.05) is 6.54 Å². The van der Waals surface area contributed by atoms with Crippen molar-refractivity contribution >= 4 is 0 Å². The van der Waals surface area contributed by atoms with E-state index in [1.54, 1.807) is 0 Å². The van der Waals surface area contributed by atoms with Gasteiger partial charge in [0, 0.05) is 30.3 Å². The van der Waals surface area contributed by atoms with Crippen LogP contribution in [0, 0.1) is 17.8 Å². The summed E-state index contributed by atoms with van der Waals surface area (Å²) in [5.74, 6) is 4.26. The van der Waals surface area contributed by atoms with E-state index in [0.29, 0.717) is 5.54 Å². The topological polar surface area (TPSA) is 43.8 Å². The summed E-state index contributed by atoms with van der Waals surface area (Å²) in [6, 6.07) is 0. The van der Waals surface area contributed by atoms with Crippen molar-refractivity contribution in [2.45, 2.75) is 63.8 Å². The highest BCUT2D eigenvalue weighted by Gasteiger charge is 2.52. The molecule has 0 unspecified atom stereocenters. The maximum Gasteiger partial charge on any atom is 0.109 e. The summed E-state index contributed by atoms with van der Waals surface area (Å²) in [6.07, 6.45) is 12.8. The third-order valence-electron chi connectivity index (χ3n) is 6.10. The van der Waals surface area contributed by atoms with E-state index in [9.17, 15) is 0 Å². The van der Waals surface area contributed by atoms with Crippen molar-refractivity contribution < 1.29 is 0 Å². The molecule has 1 aromatic heterocycles. The third kappa shape index (κ3) is 1.78. The summed E-state index contributed by atoms with van der Waals surface area (Å²) in [6.45, 7) is 2.98. The summed E-state index contributed by atoms with van der Waals surface area (Å²) < 4.78 is 2.66. The average Bonchev–Trinajstić information content (AvgIpc) is 2.81. The molecule has 0 aromatic carbocycles. The van der Waals surface area contributed by atoms with Crippen LogP contribution in [0.4, 0.5) is 0 Å². The zero-order valence-corrected chi connectivity index (χ0v) is 12.6. The number of nitrogens with zero attached hydrogens (tertiary/aromatic N) is 2. The predicted octanol–water partition coefficient (Wildman–Crippen LogP) is 2.87. The van der Waals surface area contributed by atoms with Gasteiger partial charge < -0.3 is 10.3 Å². The fraction of sp³-hybridized carbons (Fsp3) is 0.824. The van der Waals surface area contributed by atoms with Gasteiger partial charge >= 0.3 is 0 Å². The van der Waals surface area contributed by atoms with E-state index in [-0.39, 0.29) is 0 Å². The number of nitrogens with two attached hydrogens (primary N) is 1. The Hall–Kier alpha value is -0.830. The number of imidazole rings is 1. The van der Waals surface area contributed by atoms with Gasteiger partial charge in [0.05, 0.1) is 0 Å². The highest BCUT2D eigenvalue weighted by atomic mass is 15.2. The lowest BCUT2D eigenvalue weighted by molar-refractivity contribution is -0.0455. The fourth-order valence-corrected chi connectivity index (χ4v) is 5.92. The Morgan fingerprint density at radius 3 is 2.30 bits per heavy atom. The van der Waals surface area contributed by atoms with E-state index in [1.165, 1.54) is 50.0 Å². The molecule has 1 heterocycles. The molecular weight excluding hydrogens is 246 g/mol. The molecule has 3 heteroatoms. The molecule has 0 aliphatic heterocycles. The molecule has 0 saturated heterocycles. The van der Waals surface area contributed by atoms with Crippen molar-refractivity contribution in [3.63, 3.8) is 0 Å². The Morgan fingerprint density at radius 2 is 1.80 bits per heavy atom. The first-order valence-electron chi connectivity index (χ1n) is 8.50. The van der Waals surface area contributed by atoms with Gasteiger partial charge in [-0.1, -0.05) is 6.92 Å². The molecular formula is C17H27N3. The van der Waals surface area contributed by atoms with Gasteiger partial charge in [0.15, 0.2) is 0 Å². The van der Waals surface area contributed by atoms with Crippen molar-refractivity contribution in [3.05, 3.63) is 17.7 Å². The number of aryl methyl sites for hydroxylation is 1. The molecule has 4 aliphatic rings. The van der Waals surface area contributed by atoms with E-state index in [0.717, 1.165) is 37.1 Å². The van der Waals surface area contributed by atoms with Crippen LogP contribution in [0.15, 0.2) is 6.20 Å². The Balaban J connectivity index is 1.78. The van der Waals surface area contributed by atoms with Gasteiger partial charge in [-0.3, -0.25) is 0 Å². The summed E-state index contributed by atoms with van der Waals surface area (Å²) in [4.78, 5) is 4.72. The maximum absolute atomic E-state index is 5.83. The molecule has 2 N–H and O–H groups in total. The van der Waals surface area contributed by atoms with Crippen LogP contribution in [0.5, 0.6) is 0 Å². The van der Waals surface area contributed by atoms with Gasteiger partial charge in [-0.15, -0.1) is 0 Å². The number of rotatable bonds is 4. The van der Waals surface area contributed by atoms with Crippen molar-refractivity contribution in [1.82, 2.24) is 9.55 Å². The van der Waals surface area contributed by atoms with Crippen LogP contribution >= 0.6 is 0 Å². The molecule has 5 rings (SSSR count). The molecule has 20 heavy (non-hydrogen) atoms. The Labute approximate surface area is 122 Å². The quantitative estimate of drug-likeness (QED) is 0.916. The van der Waals surface area contributed by atoms with Gasteiger partial charge in [-0.2, -0.15) is 0 Å². The normalized spacial score (nSPS) is 38.6. The van der Waals surface area contributed by atoms with E-state index in [4.69, 9.17) is 10.7 Å². The summed E-state index contributed by atoms with van der Waals surface area (Å²) in [5, 5.41) is 0. The first-order chi connectivity index (χ1) is 9.74. The van der Waals surface area contributed by atoms with Crippen molar-refractivity contribution in [1.29, 1.82) is 0 Å². The number of hydrogen-bond acceptors (Lipinski definition) is 2. The van der Waals surface area contributed by atoms with E-state index in [1.807, 2.05) is 0 Å². The SMILES string of the molecule is CCc1ncc(CCN)n1C12CC3CC(CC(C3)C1)C2. The molecule has 0 radical (unpaired) electrons. The van der Waals surface area contributed by atoms with Gasteiger partial charge in [-0.25, -0.2) is 4.98 Å². The minimum atomic E-state index is 0.404. The second-order valence-corrected chi connectivity index (χ2v) is 7.54. The van der Waals surface area contributed by atoms with Crippen molar-refractivity contribution in [2.24, 2.45) is 23.5 Å². The Kier molecular flexibility index (Phi) is 2.95. The van der Waals surface area contributed by atoms with Crippen LogP contribution < -0.4 is 5.73 Å². The second kappa shape index (κ2) is 4.59. The van der Waals surface area contributed by atoms with Crippen LogP contribution in [0.3, 0.4) is 0 Å². The van der Waals surface area contributed by atoms with Crippen LogP contribution in [-0.4, -0.2) is 16.1 Å². The van der Waals surface area contributed by atoms with E-state index >= 15 is 0 Å². The Morgan fingerprint density at radius 1 is 1.20 bits per heavy atom. The zero-order valence-electron chi connectivity index (χ0n) is 12.6. The third-order valence-corrected chi connectivity index (χ3v) is 6.10. The van der Waals surface area contributed by atoms with Crippen LogP contribution in [-0.2, 0) is 18.4 Å².